The molecule has 0 aliphatic heterocycles. The highest BCUT2D eigenvalue weighted by Gasteiger charge is 2.14. The van der Waals surface area contributed by atoms with Crippen molar-refractivity contribution < 1.29 is 23.5 Å². The van der Waals surface area contributed by atoms with E-state index in [1.54, 1.807) is 33.5 Å². The van der Waals surface area contributed by atoms with Crippen LogP contribution in [0, 0.1) is 0 Å². The first-order valence-corrected chi connectivity index (χ1v) is 9.52. The second-order valence-corrected chi connectivity index (χ2v) is 6.64. The van der Waals surface area contributed by atoms with Gasteiger partial charge in [-0.05, 0) is 42.8 Å². The lowest BCUT2D eigenvalue weighted by Gasteiger charge is -2.14. The van der Waals surface area contributed by atoms with Gasteiger partial charge in [-0.1, -0.05) is 17.3 Å². The van der Waals surface area contributed by atoms with Crippen LogP contribution in [0.15, 0.2) is 47.0 Å². The Bertz CT molecular complexity index is 985. The number of nitrogens with zero attached hydrogens (tertiary/aromatic N) is 2. The number of carbonyl (C=O) groups is 1. The summed E-state index contributed by atoms with van der Waals surface area (Å²) in [6, 6.07) is 12.8. The summed E-state index contributed by atoms with van der Waals surface area (Å²) in [5, 5.41) is 6.96. The maximum atomic E-state index is 12.3. The predicted octanol–water partition coefficient (Wildman–Crippen LogP) is 3.57. The van der Waals surface area contributed by atoms with Crippen molar-refractivity contribution in [1.29, 1.82) is 0 Å². The molecule has 0 bridgehead atoms. The molecule has 2 aromatic carbocycles. The number of methoxy groups -OCH3 is 3. The third-order valence-electron chi connectivity index (χ3n) is 4.67. The lowest BCUT2D eigenvalue weighted by Crippen LogP contribution is -2.26. The largest absolute Gasteiger partial charge is 0.497 e. The SMILES string of the molecule is COc1ccc(C(C)NC(=O)CCc2nc(-c3ccc(OC)c(OC)c3)no2)cc1. The van der Waals surface area contributed by atoms with Gasteiger partial charge in [-0.25, -0.2) is 0 Å². The molecule has 0 aliphatic carbocycles. The minimum Gasteiger partial charge on any atom is -0.497 e. The second-order valence-electron chi connectivity index (χ2n) is 6.64. The summed E-state index contributed by atoms with van der Waals surface area (Å²) in [7, 11) is 4.76. The zero-order valence-corrected chi connectivity index (χ0v) is 17.5. The number of benzene rings is 2. The Kier molecular flexibility index (Phi) is 6.90. The van der Waals surface area contributed by atoms with Crippen molar-refractivity contribution in [2.45, 2.75) is 25.8 Å². The maximum absolute atomic E-state index is 12.3. The normalized spacial score (nSPS) is 11.6. The van der Waals surface area contributed by atoms with E-state index >= 15 is 0 Å². The van der Waals surface area contributed by atoms with E-state index in [0.717, 1.165) is 16.9 Å². The number of ether oxygens (including phenoxy) is 3. The van der Waals surface area contributed by atoms with Crippen molar-refractivity contribution in [3.05, 3.63) is 53.9 Å². The zero-order chi connectivity index (χ0) is 21.5. The Hall–Kier alpha value is -3.55. The molecule has 1 aromatic heterocycles. The van der Waals surface area contributed by atoms with Gasteiger partial charge < -0.3 is 24.1 Å². The quantitative estimate of drug-likeness (QED) is 0.575. The van der Waals surface area contributed by atoms with Gasteiger partial charge in [0.1, 0.15) is 5.75 Å². The van der Waals surface area contributed by atoms with E-state index in [2.05, 4.69) is 15.5 Å². The molecule has 1 N–H and O–H groups in total. The van der Waals surface area contributed by atoms with Gasteiger partial charge >= 0.3 is 0 Å². The molecule has 0 fully saturated rings. The van der Waals surface area contributed by atoms with E-state index in [9.17, 15) is 4.79 Å². The molecule has 1 heterocycles. The Balaban J connectivity index is 1.56. The first-order valence-electron chi connectivity index (χ1n) is 9.52. The first kappa shape index (κ1) is 21.2. The molecule has 1 atom stereocenters. The second kappa shape index (κ2) is 9.78. The molecule has 158 valence electrons. The van der Waals surface area contributed by atoms with Crippen molar-refractivity contribution in [2.24, 2.45) is 0 Å². The molecule has 1 amide bonds. The standard InChI is InChI=1S/C22H25N3O5/c1-14(15-5-8-17(27-2)9-6-15)23-20(26)11-12-21-24-22(25-30-21)16-7-10-18(28-3)19(13-16)29-4/h5-10,13-14H,11-12H2,1-4H3,(H,23,26). The predicted molar refractivity (Wildman–Crippen MR) is 111 cm³/mol. The van der Waals surface area contributed by atoms with E-state index in [-0.39, 0.29) is 18.4 Å². The molecule has 1 unspecified atom stereocenters. The van der Waals surface area contributed by atoms with Gasteiger partial charge in [0, 0.05) is 18.4 Å². The van der Waals surface area contributed by atoms with Crippen LogP contribution in [-0.4, -0.2) is 37.4 Å². The molecule has 3 rings (SSSR count). The lowest BCUT2D eigenvalue weighted by atomic mass is 10.1. The number of aromatic nitrogens is 2. The summed E-state index contributed by atoms with van der Waals surface area (Å²) in [6.07, 6.45) is 0.593. The Morgan fingerprint density at radius 2 is 1.77 bits per heavy atom. The molecule has 0 saturated carbocycles. The van der Waals surface area contributed by atoms with Crippen LogP contribution in [0.1, 0.15) is 30.8 Å². The molecule has 3 aromatic rings. The van der Waals surface area contributed by atoms with Gasteiger partial charge in [0.2, 0.25) is 17.6 Å². The van der Waals surface area contributed by atoms with Crippen LogP contribution in [0.3, 0.4) is 0 Å². The Morgan fingerprint density at radius 3 is 2.43 bits per heavy atom. The van der Waals surface area contributed by atoms with Gasteiger partial charge in [0.05, 0.1) is 27.4 Å². The van der Waals surface area contributed by atoms with Gasteiger partial charge in [0.15, 0.2) is 11.5 Å². The van der Waals surface area contributed by atoms with Gasteiger partial charge in [0.25, 0.3) is 0 Å². The summed E-state index contributed by atoms with van der Waals surface area (Å²) >= 11 is 0. The monoisotopic (exact) mass is 411 g/mol. The summed E-state index contributed by atoms with van der Waals surface area (Å²) in [6.45, 7) is 1.93. The Morgan fingerprint density at radius 1 is 1.03 bits per heavy atom. The van der Waals surface area contributed by atoms with Gasteiger partial charge in [-0.3, -0.25) is 4.79 Å². The summed E-state index contributed by atoms with van der Waals surface area (Å²) in [4.78, 5) is 16.7. The highest BCUT2D eigenvalue weighted by Crippen LogP contribution is 2.31. The summed E-state index contributed by atoms with van der Waals surface area (Å²) in [5.74, 6) is 2.70. The number of aryl methyl sites for hydroxylation is 1. The van der Waals surface area contributed by atoms with Crippen molar-refractivity contribution in [2.75, 3.05) is 21.3 Å². The number of carbonyl (C=O) groups excluding carboxylic acids is 1. The molecule has 8 nitrogen and oxygen atoms in total. The fourth-order valence-corrected chi connectivity index (χ4v) is 2.96. The van der Waals surface area contributed by atoms with Crippen LogP contribution in [0.5, 0.6) is 17.2 Å². The van der Waals surface area contributed by atoms with Crippen molar-refractivity contribution in [1.82, 2.24) is 15.5 Å². The van der Waals surface area contributed by atoms with E-state index in [1.165, 1.54) is 0 Å². The average Bonchev–Trinajstić information content (AvgIpc) is 3.26. The first-order chi connectivity index (χ1) is 14.5. The number of nitrogens with one attached hydrogen (secondary N) is 1. The number of hydrogen-bond donors (Lipinski definition) is 1. The minimum atomic E-state index is -0.117. The molecule has 30 heavy (non-hydrogen) atoms. The van der Waals surface area contributed by atoms with Crippen LogP contribution in [-0.2, 0) is 11.2 Å². The fraction of sp³-hybridized carbons (Fsp3) is 0.318. The van der Waals surface area contributed by atoms with Crippen molar-refractivity contribution in [3.63, 3.8) is 0 Å². The average molecular weight is 411 g/mol. The van der Waals surface area contributed by atoms with Crippen LogP contribution in [0.25, 0.3) is 11.4 Å². The van der Waals surface area contributed by atoms with Crippen LogP contribution < -0.4 is 19.5 Å². The topological polar surface area (TPSA) is 95.7 Å². The number of hydrogen-bond acceptors (Lipinski definition) is 7. The zero-order valence-electron chi connectivity index (χ0n) is 17.5. The van der Waals surface area contributed by atoms with E-state index in [0.29, 0.717) is 29.6 Å². The molecule has 0 spiro atoms. The molecule has 0 aliphatic rings. The van der Waals surface area contributed by atoms with Crippen LogP contribution in [0.4, 0.5) is 0 Å². The molecule has 8 heteroatoms. The van der Waals surface area contributed by atoms with Crippen molar-refractivity contribution >= 4 is 5.91 Å². The molecule has 0 radical (unpaired) electrons. The molecular weight excluding hydrogens is 386 g/mol. The smallest absolute Gasteiger partial charge is 0.227 e. The highest BCUT2D eigenvalue weighted by atomic mass is 16.5. The highest BCUT2D eigenvalue weighted by molar-refractivity contribution is 5.76. The fourth-order valence-electron chi connectivity index (χ4n) is 2.96. The number of amides is 1. The minimum absolute atomic E-state index is 0.0933. The Labute approximate surface area is 175 Å². The van der Waals surface area contributed by atoms with E-state index < -0.39 is 0 Å². The third-order valence-corrected chi connectivity index (χ3v) is 4.67. The molecule has 0 saturated heterocycles. The van der Waals surface area contributed by atoms with Gasteiger partial charge in [-0.2, -0.15) is 4.98 Å². The maximum Gasteiger partial charge on any atom is 0.227 e. The number of rotatable bonds is 9. The summed E-state index contributed by atoms with van der Waals surface area (Å²) < 4.78 is 21.0. The van der Waals surface area contributed by atoms with E-state index in [4.69, 9.17) is 18.7 Å². The van der Waals surface area contributed by atoms with Crippen LogP contribution >= 0.6 is 0 Å². The lowest BCUT2D eigenvalue weighted by molar-refractivity contribution is -0.121. The van der Waals surface area contributed by atoms with Crippen molar-refractivity contribution in [3.8, 4) is 28.6 Å². The third kappa shape index (κ3) is 5.08. The summed E-state index contributed by atoms with van der Waals surface area (Å²) in [5.41, 5.74) is 1.73. The van der Waals surface area contributed by atoms with E-state index in [1.807, 2.05) is 37.3 Å². The molecular formula is C22H25N3O5. The van der Waals surface area contributed by atoms with Crippen LogP contribution in [0.2, 0.25) is 0 Å². The van der Waals surface area contributed by atoms with Gasteiger partial charge in [-0.15, -0.1) is 0 Å².